The van der Waals surface area contributed by atoms with Crippen molar-refractivity contribution in [3.05, 3.63) is 33.5 Å². The summed E-state index contributed by atoms with van der Waals surface area (Å²) in [4.78, 5) is 0. The van der Waals surface area contributed by atoms with Gasteiger partial charge in [-0.2, -0.15) is 0 Å². The highest BCUT2D eigenvalue weighted by Crippen LogP contribution is 2.24. The Morgan fingerprint density at radius 1 is 1.46 bits per heavy atom. The van der Waals surface area contributed by atoms with Gasteiger partial charge in [-0.05, 0) is 52.9 Å². The lowest BCUT2D eigenvalue weighted by molar-refractivity contribution is 0.288. The van der Waals surface area contributed by atoms with Gasteiger partial charge in [0.05, 0.1) is 4.47 Å². The van der Waals surface area contributed by atoms with Gasteiger partial charge in [0, 0.05) is 6.61 Å². The fourth-order valence-corrected chi connectivity index (χ4v) is 1.90. The monoisotopic (exact) mass is 246 g/mol. The van der Waals surface area contributed by atoms with E-state index in [-0.39, 0.29) is 12.4 Å². The standard InChI is InChI=1S/C10H12BrFO/c1-7-4-5-9(12)10(11)8(7)3-2-6-13/h4-5,13H,2-3,6H2,1H3. The van der Waals surface area contributed by atoms with Crippen LogP contribution in [0.1, 0.15) is 17.5 Å². The number of aliphatic hydroxyl groups is 1. The number of benzene rings is 1. The van der Waals surface area contributed by atoms with Crippen molar-refractivity contribution < 1.29 is 9.50 Å². The van der Waals surface area contributed by atoms with E-state index in [2.05, 4.69) is 15.9 Å². The third-order valence-electron chi connectivity index (χ3n) is 2.02. The number of hydrogen-bond acceptors (Lipinski definition) is 1. The van der Waals surface area contributed by atoms with E-state index in [1.165, 1.54) is 6.07 Å². The highest BCUT2D eigenvalue weighted by atomic mass is 79.9. The Morgan fingerprint density at radius 2 is 2.15 bits per heavy atom. The number of aryl methyl sites for hydroxylation is 1. The normalized spacial score (nSPS) is 10.5. The van der Waals surface area contributed by atoms with Crippen molar-refractivity contribution in [3.63, 3.8) is 0 Å². The molecule has 0 aliphatic rings. The molecule has 0 aromatic heterocycles. The second-order valence-corrected chi connectivity index (χ2v) is 3.78. The highest BCUT2D eigenvalue weighted by molar-refractivity contribution is 9.10. The molecule has 0 saturated carbocycles. The van der Waals surface area contributed by atoms with E-state index in [4.69, 9.17) is 5.11 Å². The predicted molar refractivity (Wildman–Crippen MR) is 54.2 cm³/mol. The molecule has 0 aliphatic heterocycles. The Hall–Kier alpha value is -0.410. The minimum absolute atomic E-state index is 0.141. The van der Waals surface area contributed by atoms with Crippen LogP contribution in [0.4, 0.5) is 4.39 Å². The molecular formula is C10H12BrFO. The van der Waals surface area contributed by atoms with Crippen molar-refractivity contribution >= 4 is 15.9 Å². The summed E-state index contributed by atoms with van der Waals surface area (Å²) in [5.41, 5.74) is 2.01. The summed E-state index contributed by atoms with van der Waals surface area (Å²) in [7, 11) is 0. The minimum atomic E-state index is -0.237. The van der Waals surface area contributed by atoms with Crippen LogP contribution in [0.15, 0.2) is 16.6 Å². The zero-order chi connectivity index (χ0) is 9.84. The largest absolute Gasteiger partial charge is 0.396 e. The molecule has 0 amide bonds. The van der Waals surface area contributed by atoms with E-state index < -0.39 is 0 Å². The van der Waals surface area contributed by atoms with Crippen molar-refractivity contribution in [1.29, 1.82) is 0 Å². The van der Waals surface area contributed by atoms with E-state index in [0.29, 0.717) is 17.3 Å². The molecule has 1 rings (SSSR count). The predicted octanol–water partition coefficient (Wildman–Crippen LogP) is 2.82. The Labute approximate surface area is 85.7 Å². The quantitative estimate of drug-likeness (QED) is 0.870. The summed E-state index contributed by atoms with van der Waals surface area (Å²) in [5, 5.41) is 8.67. The second-order valence-electron chi connectivity index (χ2n) is 2.98. The molecular weight excluding hydrogens is 235 g/mol. The molecule has 0 bridgehead atoms. The molecule has 13 heavy (non-hydrogen) atoms. The number of halogens is 2. The summed E-state index contributed by atoms with van der Waals surface area (Å²) in [6.07, 6.45) is 1.38. The minimum Gasteiger partial charge on any atom is -0.396 e. The molecule has 72 valence electrons. The van der Waals surface area contributed by atoms with E-state index in [1.807, 2.05) is 6.92 Å². The summed E-state index contributed by atoms with van der Waals surface area (Å²) in [6, 6.07) is 3.20. The Balaban J connectivity index is 2.96. The summed E-state index contributed by atoms with van der Waals surface area (Å²) in [6.45, 7) is 2.08. The summed E-state index contributed by atoms with van der Waals surface area (Å²) in [5.74, 6) is -0.237. The molecule has 0 heterocycles. The summed E-state index contributed by atoms with van der Waals surface area (Å²) >= 11 is 3.20. The Kier molecular flexibility index (Phi) is 3.88. The molecule has 0 saturated heterocycles. The van der Waals surface area contributed by atoms with Gasteiger partial charge in [0.25, 0.3) is 0 Å². The smallest absolute Gasteiger partial charge is 0.137 e. The van der Waals surface area contributed by atoms with Crippen LogP contribution in [0.25, 0.3) is 0 Å². The van der Waals surface area contributed by atoms with Crippen LogP contribution in [0.3, 0.4) is 0 Å². The number of aliphatic hydroxyl groups excluding tert-OH is 1. The zero-order valence-electron chi connectivity index (χ0n) is 7.48. The Bertz CT molecular complexity index is 299. The first-order valence-corrected chi connectivity index (χ1v) is 5.00. The molecule has 0 unspecified atom stereocenters. The van der Waals surface area contributed by atoms with Gasteiger partial charge in [-0.25, -0.2) is 4.39 Å². The molecule has 1 N–H and O–H groups in total. The first-order chi connectivity index (χ1) is 6.16. The third kappa shape index (κ3) is 2.51. The van der Waals surface area contributed by atoms with Crippen LogP contribution in [0.5, 0.6) is 0 Å². The van der Waals surface area contributed by atoms with Crippen LogP contribution >= 0.6 is 15.9 Å². The van der Waals surface area contributed by atoms with E-state index >= 15 is 0 Å². The van der Waals surface area contributed by atoms with Gasteiger partial charge < -0.3 is 5.11 Å². The highest BCUT2D eigenvalue weighted by Gasteiger charge is 2.07. The Morgan fingerprint density at radius 3 is 2.77 bits per heavy atom. The van der Waals surface area contributed by atoms with Crippen LogP contribution in [-0.4, -0.2) is 11.7 Å². The first-order valence-electron chi connectivity index (χ1n) is 4.21. The fraction of sp³-hybridized carbons (Fsp3) is 0.400. The molecule has 0 aliphatic carbocycles. The number of hydrogen-bond donors (Lipinski definition) is 1. The lowest BCUT2D eigenvalue weighted by atomic mass is 10.0. The second kappa shape index (κ2) is 4.72. The SMILES string of the molecule is Cc1ccc(F)c(Br)c1CCCO. The van der Waals surface area contributed by atoms with Gasteiger partial charge in [-0.1, -0.05) is 6.07 Å². The molecule has 1 nitrogen and oxygen atoms in total. The van der Waals surface area contributed by atoms with Crippen molar-refractivity contribution in [2.75, 3.05) is 6.61 Å². The van der Waals surface area contributed by atoms with E-state index in [0.717, 1.165) is 11.1 Å². The molecule has 0 atom stereocenters. The molecule has 0 radical (unpaired) electrons. The maximum Gasteiger partial charge on any atom is 0.137 e. The van der Waals surface area contributed by atoms with Crippen LogP contribution in [0, 0.1) is 12.7 Å². The van der Waals surface area contributed by atoms with Gasteiger partial charge >= 0.3 is 0 Å². The maximum absolute atomic E-state index is 13.1. The molecule has 1 aromatic carbocycles. The lowest BCUT2D eigenvalue weighted by Gasteiger charge is -2.07. The molecule has 3 heteroatoms. The van der Waals surface area contributed by atoms with Crippen molar-refractivity contribution in [3.8, 4) is 0 Å². The lowest BCUT2D eigenvalue weighted by Crippen LogP contribution is -1.96. The molecule has 0 fully saturated rings. The van der Waals surface area contributed by atoms with Gasteiger partial charge in [-0.15, -0.1) is 0 Å². The molecule has 0 spiro atoms. The first kappa shape index (κ1) is 10.7. The fourth-order valence-electron chi connectivity index (χ4n) is 1.25. The summed E-state index contributed by atoms with van der Waals surface area (Å²) < 4.78 is 13.6. The maximum atomic E-state index is 13.1. The van der Waals surface area contributed by atoms with Crippen molar-refractivity contribution in [2.45, 2.75) is 19.8 Å². The van der Waals surface area contributed by atoms with E-state index in [1.54, 1.807) is 6.07 Å². The van der Waals surface area contributed by atoms with Gasteiger partial charge in [0.2, 0.25) is 0 Å². The van der Waals surface area contributed by atoms with Crippen LogP contribution < -0.4 is 0 Å². The average Bonchev–Trinajstić information content (AvgIpc) is 2.12. The average molecular weight is 247 g/mol. The molecule has 1 aromatic rings. The van der Waals surface area contributed by atoms with Crippen molar-refractivity contribution in [2.24, 2.45) is 0 Å². The zero-order valence-corrected chi connectivity index (χ0v) is 9.07. The van der Waals surface area contributed by atoms with Gasteiger partial charge in [-0.3, -0.25) is 0 Å². The van der Waals surface area contributed by atoms with E-state index in [9.17, 15) is 4.39 Å². The van der Waals surface area contributed by atoms with Gasteiger partial charge in [0.1, 0.15) is 5.82 Å². The van der Waals surface area contributed by atoms with Gasteiger partial charge in [0.15, 0.2) is 0 Å². The van der Waals surface area contributed by atoms with Crippen molar-refractivity contribution in [1.82, 2.24) is 0 Å². The number of rotatable bonds is 3. The van der Waals surface area contributed by atoms with Crippen LogP contribution in [0.2, 0.25) is 0 Å². The topological polar surface area (TPSA) is 20.2 Å². The third-order valence-corrected chi connectivity index (χ3v) is 2.87. The van der Waals surface area contributed by atoms with Crippen LogP contribution in [-0.2, 0) is 6.42 Å².